The summed E-state index contributed by atoms with van der Waals surface area (Å²) in [4.78, 5) is 12.1. The van der Waals surface area contributed by atoms with Gasteiger partial charge in [0, 0.05) is 5.54 Å². The number of anilines is 2. The van der Waals surface area contributed by atoms with E-state index in [1.54, 1.807) is 6.92 Å². The van der Waals surface area contributed by atoms with Gasteiger partial charge >= 0.3 is 0 Å². The van der Waals surface area contributed by atoms with Gasteiger partial charge in [-0.05, 0) is 53.7 Å². The van der Waals surface area contributed by atoms with Gasteiger partial charge in [0.05, 0.1) is 17.5 Å². The van der Waals surface area contributed by atoms with E-state index in [9.17, 15) is 4.79 Å². The minimum Gasteiger partial charge on any atom is -0.489 e. The van der Waals surface area contributed by atoms with Gasteiger partial charge in [0.25, 0.3) is 0 Å². The van der Waals surface area contributed by atoms with Crippen LogP contribution in [0.4, 0.5) is 11.4 Å². The van der Waals surface area contributed by atoms with Crippen LogP contribution in [0.2, 0.25) is 0 Å². The van der Waals surface area contributed by atoms with Crippen molar-refractivity contribution in [1.29, 1.82) is 0 Å². The Kier molecular flexibility index (Phi) is 5.47. The smallest absolute Gasteiger partial charge is 0.242 e. The van der Waals surface area contributed by atoms with E-state index < -0.39 is 0 Å². The van der Waals surface area contributed by atoms with Gasteiger partial charge < -0.3 is 21.1 Å². The number of nitrogen functional groups attached to an aromatic ring is 1. The largest absolute Gasteiger partial charge is 0.489 e. The van der Waals surface area contributed by atoms with Crippen molar-refractivity contribution < 1.29 is 9.53 Å². The van der Waals surface area contributed by atoms with Crippen molar-refractivity contribution in [3.63, 3.8) is 0 Å². The summed E-state index contributed by atoms with van der Waals surface area (Å²) < 4.78 is 5.64. The molecule has 0 fully saturated rings. The van der Waals surface area contributed by atoms with Crippen molar-refractivity contribution in [1.82, 2.24) is 5.32 Å². The van der Waals surface area contributed by atoms with E-state index in [2.05, 4.69) is 10.6 Å². The molecule has 1 rings (SSSR count). The summed E-state index contributed by atoms with van der Waals surface area (Å²) >= 11 is 0. The zero-order valence-electron chi connectivity index (χ0n) is 13.8. The molecule has 1 aromatic carbocycles. The van der Waals surface area contributed by atoms with Gasteiger partial charge in [-0.25, -0.2) is 0 Å². The quantitative estimate of drug-likeness (QED) is 0.730. The van der Waals surface area contributed by atoms with Gasteiger partial charge in [0.1, 0.15) is 11.8 Å². The average Bonchev–Trinajstić information content (AvgIpc) is 2.31. The second-order valence-corrected chi connectivity index (χ2v) is 6.49. The van der Waals surface area contributed by atoms with Crippen LogP contribution >= 0.6 is 0 Å². The van der Waals surface area contributed by atoms with Crippen LogP contribution in [0.25, 0.3) is 0 Å². The van der Waals surface area contributed by atoms with Crippen molar-refractivity contribution in [3.8, 4) is 5.75 Å². The number of ether oxygens (including phenoxy) is 1. The van der Waals surface area contributed by atoms with Crippen LogP contribution in [0.3, 0.4) is 0 Å². The first-order chi connectivity index (χ1) is 9.60. The molecule has 5 nitrogen and oxygen atoms in total. The van der Waals surface area contributed by atoms with Crippen molar-refractivity contribution in [2.75, 3.05) is 11.1 Å². The lowest BCUT2D eigenvalue weighted by Crippen LogP contribution is -2.47. The molecule has 1 atom stereocenters. The lowest BCUT2D eigenvalue weighted by atomic mass is 10.1. The number of nitrogens with one attached hydrogen (secondary N) is 2. The molecule has 0 spiro atoms. The minimum absolute atomic E-state index is 0.0455. The summed E-state index contributed by atoms with van der Waals surface area (Å²) in [6.45, 7) is 11.5. The first-order valence-corrected chi connectivity index (χ1v) is 7.24. The number of nitrogens with two attached hydrogens (primary N) is 1. The highest BCUT2D eigenvalue weighted by atomic mass is 16.5. The molecule has 118 valence electrons. The topological polar surface area (TPSA) is 76.4 Å². The van der Waals surface area contributed by atoms with Gasteiger partial charge in [0.2, 0.25) is 5.91 Å². The Morgan fingerprint density at radius 3 is 2.38 bits per heavy atom. The van der Waals surface area contributed by atoms with E-state index in [4.69, 9.17) is 10.5 Å². The van der Waals surface area contributed by atoms with Gasteiger partial charge in [-0.1, -0.05) is 6.07 Å². The lowest BCUT2D eigenvalue weighted by Gasteiger charge is -2.25. The van der Waals surface area contributed by atoms with Gasteiger partial charge in [-0.3, -0.25) is 4.79 Å². The number of rotatable bonds is 5. The molecule has 0 radical (unpaired) electrons. The Morgan fingerprint density at radius 1 is 1.24 bits per heavy atom. The number of benzene rings is 1. The van der Waals surface area contributed by atoms with Gasteiger partial charge in [-0.15, -0.1) is 0 Å². The van der Waals surface area contributed by atoms with E-state index in [0.717, 1.165) is 0 Å². The van der Waals surface area contributed by atoms with Crippen LogP contribution in [-0.2, 0) is 4.79 Å². The summed E-state index contributed by atoms with van der Waals surface area (Å²) in [5.41, 5.74) is 7.04. The van der Waals surface area contributed by atoms with Crippen LogP contribution in [0.1, 0.15) is 41.5 Å². The van der Waals surface area contributed by atoms with Crippen LogP contribution in [-0.4, -0.2) is 23.6 Å². The molecule has 0 saturated carbocycles. The molecule has 0 bridgehead atoms. The molecule has 4 N–H and O–H groups in total. The lowest BCUT2D eigenvalue weighted by molar-refractivity contribution is -0.122. The van der Waals surface area contributed by atoms with E-state index >= 15 is 0 Å². The monoisotopic (exact) mass is 293 g/mol. The molecule has 0 aliphatic heterocycles. The minimum atomic E-state index is -0.388. The number of hydrogen-bond acceptors (Lipinski definition) is 4. The van der Waals surface area contributed by atoms with E-state index in [1.165, 1.54) is 0 Å². The van der Waals surface area contributed by atoms with Crippen LogP contribution < -0.4 is 21.1 Å². The fraction of sp³-hybridized carbons (Fsp3) is 0.562. The zero-order chi connectivity index (χ0) is 16.2. The number of hydrogen-bond donors (Lipinski definition) is 3. The van der Waals surface area contributed by atoms with Crippen LogP contribution in [0.5, 0.6) is 5.75 Å². The zero-order valence-corrected chi connectivity index (χ0v) is 13.8. The normalized spacial score (nSPS) is 12.9. The molecular weight excluding hydrogens is 266 g/mol. The number of para-hydroxylation sites is 1. The molecule has 0 saturated heterocycles. The Bertz CT molecular complexity index is 493. The Morgan fingerprint density at radius 2 is 1.86 bits per heavy atom. The molecule has 0 heterocycles. The summed E-state index contributed by atoms with van der Waals surface area (Å²) in [5, 5.41) is 6.06. The molecule has 0 aliphatic carbocycles. The second-order valence-electron chi connectivity index (χ2n) is 6.49. The van der Waals surface area contributed by atoms with E-state index in [0.29, 0.717) is 17.1 Å². The Labute approximate surface area is 127 Å². The SMILES string of the molecule is CC(C)Oc1cccc(NC(C)C(=O)NC(C)(C)C)c1N. The summed E-state index contributed by atoms with van der Waals surface area (Å²) in [5.74, 6) is 0.551. The van der Waals surface area contributed by atoms with E-state index in [-0.39, 0.29) is 23.6 Å². The van der Waals surface area contributed by atoms with Crippen molar-refractivity contribution in [2.45, 2.75) is 59.2 Å². The first kappa shape index (κ1) is 17.1. The van der Waals surface area contributed by atoms with Crippen molar-refractivity contribution in [2.24, 2.45) is 0 Å². The Balaban J connectivity index is 2.81. The van der Waals surface area contributed by atoms with Gasteiger partial charge in [-0.2, -0.15) is 0 Å². The highest BCUT2D eigenvalue weighted by molar-refractivity contribution is 5.86. The summed E-state index contributed by atoms with van der Waals surface area (Å²) in [6.07, 6.45) is 0.0455. The highest BCUT2D eigenvalue weighted by Crippen LogP contribution is 2.30. The third kappa shape index (κ3) is 5.53. The Hall–Kier alpha value is -1.91. The third-order valence-electron chi connectivity index (χ3n) is 2.69. The fourth-order valence-electron chi connectivity index (χ4n) is 1.80. The average molecular weight is 293 g/mol. The molecule has 21 heavy (non-hydrogen) atoms. The maximum Gasteiger partial charge on any atom is 0.242 e. The third-order valence-corrected chi connectivity index (χ3v) is 2.69. The molecule has 0 aromatic heterocycles. The summed E-state index contributed by atoms with van der Waals surface area (Å²) in [6, 6.07) is 5.12. The van der Waals surface area contributed by atoms with Crippen molar-refractivity contribution in [3.05, 3.63) is 18.2 Å². The van der Waals surface area contributed by atoms with Crippen LogP contribution in [0, 0.1) is 0 Å². The summed E-state index contributed by atoms with van der Waals surface area (Å²) in [7, 11) is 0. The maximum atomic E-state index is 12.1. The van der Waals surface area contributed by atoms with Gasteiger partial charge in [0.15, 0.2) is 0 Å². The molecule has 1 aromatic rings. The number of amides is 1. The van der Waals surface area contributed by atoms with E-state index in [1.807, 2.05) is 52.8 Å². The highest BCUT2D eigenvalue weighted by Gasteiger charge is 2.20. The first-order valence-electron chi connectivity index (χ1n) is 7.24. The fourth-order valence-corrected chi connectivity index (χ4v) is 1.80. The molecule has 5 heteroatoms. The number of carbonyl (C=O) groups is 1. The van der Waals surface area contributed by atoms with Crippen LogP contribution in [0.15, 0.2) is 18.2 Å². The predicted molar refractivity (Wildman–Crippen MR) is 87.6 cm³/mol. The van der Waals surface area contributed by atoms with Crippen molar-refractivity contribution >= 4 is 17.3 Å². The standard InChI is InChI=1S/C16H27N3O2/c1-10(2)21-13-9-7-8-12(14(13)17)18-11(3)15(20)19-16(4,5)6/h7-11,18H,17H2,1-6H3,(H,19,20). The molecule has 0 aliphatic rings. The molecule has 1 amide bonds. The number of carbonyl (C=O) groups excluding carboxylic acids is 1. The maximum absolute atomic E-state index is 12.1. The predicted octanol–water partition coefficient (Wildman–Crippen LogP) is 2.77. The second kappa shape index (κ2) is 6.70. The molecular formula is C16H27N3O2. The molecule has 1 unspecified atom stereocenters.